The predicted octanol–water partition coefficient (Wildman–Crippen LogP) is 0.0638. The quantitative estimate of drug-likeness (QED) is 0.731. The number of carbonyl (C=O) groups is 1. The smallest absolute Gasteiger partial charge is 0.248 e. The van der Waals surface area contributed by atoms with E-state index in [9.17, 15) is 4.79 Å². The summed E-state index contributed by atoms with van der Waals surface area (Å²) in [7, 11) is 0. The molecule has 1 aromatic rings. The Balaban J connectivity index is 1.66. The Bertz CT molecular complexity index is 372. The fourth-order valence-electron chi connectivity index (χ4n) is 2.18. The minimum Gasteiger partial charge on any atom is -0.372 e. The van der Waals surface area contributed by atoms with Crippen LogP contribution in [0.25, 0.3) is 0 Å². The molecule has 106 valence electrons. The van der Waals surface area contributed by atoms with Gasteiger partial charge >= 0.3 is 0 Å². The lowest BCUT2D eigenvalue weighted by Gasteiger charge is -2.34. The van der Waals surface area contributed by atoms with E-state index in [1.54, 1.807) is 6.20 Å². The highest BCUT2D eigenvalue weighted by Crippen LogP contribution is 2.03. The van der Waals surface area contributed by atoms with Gasteiger partial charge in [0.15, 0.2) is 0 Å². The Morgan fingerprint density at radius 2 is 2.05 bits per heavy atom. The molecular weight excluding hydrogens is 244 g/mol. The van der Waals surface area contributed by atoms with Gasteiger partial charge in [0, 0.05) is 51.7 Å². The third kappa shape index (κ3) is 4.33. The Morgan fingerprint density at radius 1 is 1.26 bits per heavy atom. The van der Waals surface area contributed by atoms with E-state index in [1.165, 1.54) is 0 Å². The van der Waals surface area contributed by atoms with Gasteiger partial charge in [0.2, 0.25) is 5.91 Å². The van der Waals surface area contributed by atoms with Gasteiger partial charge in [0.25, 0.3) is 0 Å². The molecule has 1 amide bonds. The van der Waals surface area contributed by atoms with Crippen molar-refractivity contribution in [3.05, 3.63) is 18.5 Å². The van der Waals surface area contributed by atoms with Gasteiger partial charge in [-0.3, -0.25) is 14.4 Å². The van der Waals surface area contributed by atoms with Gasteiger partial charge in [-0.15, -0.1) is 0 Å². The highest BCUT2D eigenvalue weighted by molar-refractivity contribution is 5.77. The zero-order valence-electron chi connectivity index (χ0n) is 11.5. The summed E-state index contributed by atoms with van der Waals surface area (Å²) in [6, 6.07) is 1.93. The van der Waals surface area contributed by atoms with Gasteiger partial charge in [-0.1, -0.05) is 0 Å². The summed E-state index contributed by atoms with van der Waals surface area (Å²) in [6.07, 6.45) is 3.77. The highest BCUT2D eigenvalue weighted by Gasteiger charge is 2.20. The molecule has 1 aromatic heterocycles. The zero-order chi connectivity index (χ0) is 13.5. The first-order valence-electron chi connectivity index (χ1n) is 6.85. The Hall–Kier alpha value is -1.40. The van der Waals surface area contributed by atoms with E-state index < -0.39 is 0 Å². The fraction of sp³-hybridized carbons (Fsp3) is 0.692. The first-order valence-corrected chi connectivity index (χ1v) is 6.85. The van der Waals surface area contributed by atoms with Crippen molar-refractivity contribution in [3.63, 3.8) is 0 Å². The van der Waals surface area contributed by atoms with Crippen LogP contribution in [0.1, 0.15) is 6.92 Å². The first-order chi connectivity index (χ1) is 9.29. The maximum atomic E-state index is 11.8. The molecule has 2 rings (SSSR count). The number of aromatic nitrogens is 2. The molecule has 0 spiro atoms. The average Bonchev–Trinajstić information content (AvgIpc) is 2.96. The van der Waals surface area contributed by atoms with Crippen LogP contribution in [0.3, 0.4) is 0 Å². The van der Waals surface area contributed by atoms with Gasteiger partial charge in [-0.2, -0.15) is 5.10 Å². The molecule has 0 radical (unpaired) electrons. The predicted molar refractivity (Wildman–Crippen MR) is 71.7 cm³/mol. The summed E-state index contributed by atoms with van der Waals surface area (Å²) in [5.74, 6) is 0.105. The molecule has 0 atom stereocenters. The fourth-order valence-corrected chi connectivity index (χ4v) is 2.18. The van der Waals surface area contributed by atoms with Gasteiger partial charge in [-0.05, 0) is 13.0 Å². The van der Waals surface area contributed by atoms with Crippen LogP contribution in [0.15, 0.2) is 18.5 Å². The standard InChI is InChI=1S/C13H22N4O2/c1-2-19-12-13(18)16-9-6-15(7-10-16)8-11-17-5-3-4-14-17/h3-5H,2,6-12H2,1H3. The van der Waals surface area contributed by atoms with Crippen molar-refractivity contribution < 1.29 is 9.53 Å². The highest BCUT2D eigenvalue weighted by atomic mass is 16.5. The largest absolute Gasteiger partial charge is 0.372 e. The number of rotatable bonds is 6. The monoisotopic (exact) mass is 266 g/mol. The number of piperazine rings is 1. The minimum absolute atomic E-state index is 0.105. The molecule has 6 nitrogen and oxygen atoms in total. The van der Waals surface area contributed by atoms with E-state index in [0.717, 1.165) is 39.3 Å². The minimum atomic E-state index is 0.105. The van der Waals surface area contributed by atoms with Gasteiger partial charge in [0.1, 0.15) is 6.61 Å². The molecule has 19 heavy (non-hydrogen) atoms. The molecule has 0 aromatic carbocycles. The van der Waals surface area contributed by atoms with Gasteiger partial charge in [0.05, 0.1) is 6.54 Å². The van der Waals surface area contributed by atoms with Gasteiger partial charge < -0.3 is 9.64 Å². The number of ether oxygens (including phenoxy) is 1. The number of hydrogen-bond acceptors (Lipinski definition) is 4. The number of nitrogens with zero attached hydrogens (tertiary/aromatic N) is 4. The molecular formula is C13H22N4O2. The second-order valence-electron chi connectivity index (χ2n) is 4.63. The Morgan fingerprint density at radius 3 is 2.68 bits per heavy atom. The van der Waals surface area contributed by atoms with E-state index in [4.69, 9.17) is 4.74 Å². The number of carbonyl (C=O) groups excluding carboxylic acids is 1. The van der Waals surface area contributed by atoms with Crippen LogP contribution < -0.4 is 0 Å². The van der Waals surface area contributed by atoms with Crippen molar-refractivity contribution >= 4 is 5.91 Å². The van der Waals surface area contributed by atoms with Crippen LogP contribution in [0.5, 0.6) is 0 Å². The maximum absolute atomic E-state index is 11.8. The normalized spacial score (nSPS) is 16.8. The van der Waals surface area contributed by atoms with Crippen molar-refractivity contribution in [1.82, 2.24) is 19.6 Å². The maximum Gasteiger partial charge on any atom is 0.248 e. The first kappa shape index (κ1) is 14.0. The second kappa shape index (κ2) is 7.25. The van der Waals surface area contributed by atoms with Crippen molar-refractivity contribution in [1.29, 1.82) is 0 Å². The molecule has 1 aliphatic rings. The average molecular weight is 266 g/mol. The van der Waals surface area contributed by atoms with E-state index in [1.807, 2.05) is 28.8 Å². The number of amides is 1. The molecule has 6 heteroatoms. The van der Waals surface area contributed by atoms with Gasteiger partial charge in [-0.25, -0.2) is 0 Å². The third-order valence-corrected chi connectivity index (χ3v) is 3.36. The molecule has 0 saturated carbocycles. The van der Waals surface area contributed by atoms with Crippen molar-refractivity contribution in [2.45, 2.75) is 13.5 Å². The number of hydrogen-bond donors (Lipinski definition) is 0. The SMILES string of the molecule is CCOCC(=O)N1CCN(CCn2cccn2)CC1. The molecule has 0 aliphatic carbocycles. The summed E-state index contributed by atoms with van der Waals surface area (Å²) in [6.45, 7) is 8.04. The zero-order valence-corrected chi connectivity index (χ0v) is 11.5. The summed E-state index contributed by atoms with van der Waals surface area (Å²) in [4.78, 5) is 16.0. The van der Waals surface area contributed by atoms with Crippen molar-refractivity contribution in [3.8, 4) is 0 Å². The summed E-state index contributed by atoms with van der Waals surface area (Å²) in [5, 5.41) is 4.19. The van der Waals surface area contributed by atoms with Crippen molar-refractivity contribution in [2.24, 2.45) is 0 Å². The van der Waals surface area contributed by atoms with Crippen LogP contribution in [0.4, 0.5) is 0 Å². The molecule has 1 aliphatic heterocycles. The van der Waals surface area contributed by atoms with Crippen LogP contribution in [-0.2, 0) is 16.1 Å². The molecule has 1 saturated heterocycles. The van der Waals surface area contributed by atoms with E-state index in [0.29, 0.717) is 6.61 Å². The van der Waals surface area contributed by atoms with Crippen LogP contribution >= 0.6 is 0 Å². The summed E-state index contributed by atoms with van der Waals surface area (Å²) in [5.41, 5.74) is 0. The molecule has 0 bridgehead atoms. The van der Waals surface area contributed by atoms with Crippen LogP contribution in [-0.4, -0.2) is 71.4 Å². The van der Waals surface area contributed by atoms with Crippen LogP contribution in [0, 0.1) is 0 Å². The second-order valence-corrected chi connectivity index (χ2v) is 4.63. The molecule has 1 fully saturated rings. The molecule has 0 unspecified atom stereocenters. The lowest BCUT2D eigenvalue weighted by molar-refractivity contribution is -0.137. The molecule has 0 N–H and O–H groups in total. The lowest BCUT2D eigenvalue weighted by atomic mass is 10.3. The topological polar surface area (TPSA) is 50.6 Å². The Labute approximate surface area is 113 Å². The van der Waals surface area contributed by atoms with E-state index in [-0.39, 0.29) is 12.5 Å². The third-order valence-electron chi connectivity index (χ3n) is 3.36. The van der Waals surface area contributed by atoms with Crippen molar-refractivity contribution in [2.75, 3.05) is 45.9 Å². The van der Waals surface area contributed by atoms with E-state index in [2.05, 4.69) is 10.00 Å². The van der Waals surface area contributed by atoms with E-state index >= 15 is 0 Å². The Kier molecular flexibility index (Phi) is 5.35. The lowest BCUT2D eigenvalue weighted by Crippen LogP contribution is -2.50. The van der Waals surface area contributed by atoms with Crippen LogP contribution in [0.2, 0.25) is 0 Å². The molecule has 2 heterocycles. The summed E-state index contributed by atoms with van der Waals surface area (Å²) >= 11 is 0. The summed E-state index contributed by atoms with van der Waals surface area (Å²) < 4.78 is 7.09.